The van der Waals surface area contributed by atoms with Gasteiger partial charge in [0.1, 0.15) is 22.8 Å². The number of carbonyl (C=O) groups excluding carboxylic acids is 8. The number of carbonyl (C=O) groups is 8. The largest absolute Gasteiger partial charge is 0.455 e. The summed E-state index contributed by atoms with van der Waals surface area (Å²) in [6.07, 6.45) is 13.0. The van der Waals surface area contributed by atoms with E-state index in [4.69, 9.17) is 38.5 Å². The van der Waals surface area contributed by atoms with Crippen molar-refractivity contribution in [3.05, 3.63) is 163 Å². The van der Waals surface area contributed by atoms with Crippen LogP contribution in [0.15, 0.2) is 124 Å². The summed E-state index contributed by atoms with van der Waals surface area (Å²) in [4.78, 5) is 133. The van der Waals surface area contributed by atoms with Gasteiger partial charge in [-0.2, -0.15) is 0 Å². The Morgan fingerprint density at radius 3 is 1.85 bits per heavy atom. The highest BCUT2D eigenvalue weighted by Crippen LogP contribution is 2.38. The van der Waals surface area contributed by atoms with Gasteiger partial charge in [-0.25, -0.2) is 20.4 Å². The molecule has 106 heavy (non-hydrogen) atoms. The molecule has 25 nitrogen and oxygen atoms in total. The number of rotatable bonds is 42. The first-order valence-electron chi connectivity index (χ1n) is 36.1. The number of amides is 7. The van der Waals surface area contributed by atoms with E-state index in [1.54, 1.807) is 91.1 Å². The van der Waals surface area contributed by atoms with Crippen LogP contribution in [0.5, 0.6) is 0 Å². The minimum Gasteiger partial charge on any atom is -0.455 e. The molecule has 6 N–H and O–H groups in total. The minimum atomic E-state index is -0.907. The third-order valence-electron chi connectivity index (χ3n) is 17.8. The van der Waals surface area contributed by atoms with E-state index >= 15 is 0 Å². The number of anilines is 1. The van der Waals surface area contributed by atoms with Crippen molar-refractivity contribution in [1.29, 1.82) is 0 Å². The van der Waals surface area contributed by atoms with Crippen molar-refractivity contribution in [1.82, 2.24) is 51.5 Å². The summed E-state index contributed by atoms with van der Waals surface area (Å²) in [6, 6.07) is 18.7. The van der Waals surface area contributed by atoms with E-state index in [1.165, 1.54) is 16.7 Å². The van der Waals surface area contributed by atoms with E-state index in [2.05, 4.69) is 55.3 Å². The fourth-order valence-corrected chi connectivity index (χ4v) is 14.8. The molecular weight excluding hydrogens is 1410 g/mol. The number of aromatic nitrogens is 3. The molecule has 0 bridgehead atoms. The Morgan fingerprint density at radius 1 is 0.623 bits per heavy atom. The number of benzene rings is 3. The summed E-state index contributed by atoms with van der Waals surface area (Å²) in [5.74, 6) is -2.47. The molecular formula is C78H105N11O14S3. The van der Waals surface area contributed by atoms with Gasteiger partial charge in [-0.3, -0.25) is 48.1 Å². The normalized spacial score (nSPS) is 15.1. The molecule has 0 fully saturated rings. The molecule has 3 heterocycles. The topological polar surface area (TPSA) is 309 Å². The van der Waals surface area contributed by atoms with Crippen LogP contribution in [0.4, 0.5) is 5.69 Å². The van der Waals surface area contributed by atoms with Gasteiger partial charge < -0.3 is 55.2 Å². The van der Waals surface area contributed by atoms with E-state index in [0.29, 0.717) is 97.9 Å². The Kier molecular flexibility index (Phi) is 35.5. The summed E-state index contributed by atoms with van der Waals surface area (Å²) in [5, 5.41) is 16.5. The lowest BCUT2D eigenvalue weighted by Crippen LogP contribution is -2.58. The number of thioether (sulfide) groups is 2. The number of hydrogen-bond donors (Lipinski definition) is 6. The van der Waals surface area contributed by atoms with Crippen LogP contribution in [0.3, 0.4) is 0 Å². The lowest BCUT2D eigenvalue weighted by Gasteiger charge is -2.37. The van der Waals surface area contributed by atoms with Gasteiger partial charge in [-0.15, -0.1) is 34.9 Å². The van der Waals surface area contributed by atoms with Crippen molar-refractivity contribution in [2.24, 2.45) is 23.7 Å². The molecule has 1 aliphatic heterocycles. The molecule has 574 valence electrons. The standard InChI is InChI=1S/C78H105N11O14S3/c1-13-51(6)70(86-76(96)71(50(4)5)88(10)11)78(97)89(12)65(49(2)3)44-66(103-54(9)90)77-85-64(48-106-77)75(95)82-59(42-55-21-17-16-18-22-55)41-52(7)72(92)87-102-45-56-25-28-58(29-26-56)81-73(93)53(8)80-69(91)31-33-98-35-37-100-39-40-101-38-36-99-34-32-79-74(94)57-27-30-60-61(43-57)84-63-47-105-68-24-20-15-14-19-23-67(68)104-46-62(63)83-60/h14-30,43,48-53,59,65-66,70-71H,13,31-42,44-47H2,1-12H3,(H,79,94)(H,80,91)(H,81,93)(H,82,95)(H,86,96)(H,87,92). The molecule has 7 rings (SSSR count). The van der Waals surface area contributed by atoms with Gasteiger partial charge in [0, 0.05) is 89.3 Å². The number of allylic oxidation sites excluding steroid dienone is 6. The second-order valence-corrected chi connectivity index (χ2v) is 30.0. The van der Waals surface area contributed by atoms with Gasteiger partial charge >= 0.3 is 5.97 Å². The van der Waals surface area contributed by atoms with Crippen LogP contribution in [0.25, 0.3) is 11.0 Å². The second-order valence-electron chi connectivity index (χ2n) is 27.1. The quantitative estimate of drug-likeness (QED) is 0.0120. The van der Waals surface area contributed by atoms with E-state index in [0.717, 1.165) is 33.8 Å². The predicted octanol–water partition coefficient (Wildman–Crippen LogP) is 10.00. The van der Waals surface area contributed by atoms with Gasteiger partial charge in [0.05, 0.1) is 87.9 Å². The van der Waals surface area contributed by atoms with Gasteiger partial charge in [-0.1, -0.05) is 122 Å². The Morgan fingerprint density at radius 2 is 1.25 bits per heavy atom. The number of hydroxylamine groups is 1. The fraction of sp³-hybridized carbons (Fsp3) is 0.500. The molecule has 0 saturated carbocycles. The number of likely N-dealkylation sites (N-methyl/N-ethyl adjacent to an activating group) is 2. The summed E-state index contributed by atoms with van der Waals surface area (Å²) < 4.78 is 28.2. The smallest absolute Gasteiger partial charge is 0.303 e. The maximum atomic E-state index is 14.4. The first kappa shape index (κ1) is 85.1. The molecule has 1 aliphatic carbocycles. The average Bonchev–Trinajstić information content (AvgIpc) is 0.883. The molecule has 0 radical (unpaired) electrons. The molecule has 8 unspecified atom stereocenters. The zero-order chi connectivity index (χ0) is 76.7. The van der Waals surface area contributed by atoms with Gasteiger partial charge in [0.2, 0.25) is 29.5 Å². The number of nitrogens with one attached hydrogen (secondary N) is 6. The molecule has 2 aromatic heterocycles. The number of esters is 1. The maximum Gasteiger partial charge on any atom is 0.303 e. The molecule has 5 aromatic rings. The first-order valence-corrected chi connectivity index (χ1v) is 39.0. The molecule has 0 saturated heterocycles. The number of thiazole rings is 1. The summed E-state index contributed by atoms with van der Waals surface area (Å²) in [5.41, 5.74) is 8.55. The predicted molar refractivity (Wildman–Crippen MR) is 414 cm³/mol. The minimum absolute atomic E-state index is 0.000240. The Labute approximate surface area is 635 Å². The Balaban J connectivity index is 0.747. The number of fused-ring (bicyclic) bond motifs is 2. The summed E-state index contributed by atoms with van der Waals surface area (Å²) in [6.45, 7) is 19.1. The van der Waals surface area contributed by atoms with E-state index in [-0.39, 0.29) is 86.2 Å². The van der Waals surface area contributed by atoms with Crippen LogP contribution in [-0.4, -0.2) is 183 Å². The van der Waals surface area contributed by atoms with Gasteiger partial charge in [0.25, 0.3) is 11.8 Å². The van der Waals surface area contributed by atoms with Crippen LogP contribution >= 0.6 is 34.9 Å². The monoisotopic (exact) mass is 1520 g/mol. The average molecular weight is 1520 g/mol. The zero-order valence-electron chi connectivity index (χ0n) is 62.9. The molecule has 8 atom stereocenters. The van der Waals surface area contributed by atoms with Gasteiger partial charge in [0.15, 0.2) is 6.10 Å². The Bertz CT molecular complexity index is 3840. The molecule has 3 aromatic carbocycles. The number of nitrogens with zero attached hydrogens (tertiary/aromatic N) is 5. The fourth-order valence-electron chi connectivity index (χ4n) is 11.8. The number of ether oxygens (including phenoxy) is 5. The molecule has 7 amide bonds. The third kappa shape index (κ3) is 27.5. The van der Waals surface area contributed by atoms with Crippen molar-refractivity contribution in [3.8, 4) is 0 Å². The van der Waals surface area contributed by atoms with E-state index in [1.807, 2.05) is 115 Å². The van der Waals surface area contributed by atoms with Crippen LogP contribution in [-0.2, 0) is 81.8 Å². The summed E-state index contributed by atoms with van der Waals surface area (Å²) >= 11 is 4.64. The Hall–Kier alpha value is -8.19. The van der Waals surface area contributed by atoms with Crippen molar-refractivity contribution in [2.45, 2.75) is 149 Å². The van der Waals surface area contributed by atoms with Crippen LogP contribution < -0.4 is 32.1 Å². The van der Waals surface area contributed by atoms with Crippen LogP contribution in [0.1, 0.15) is 142 Å². The van der Waals surface area contributed by atoms with Crippen molar-refractivity contribution in [3.63, 3.8) is 0 Å². The lowest BCUT2D eigenvalue weighted by atomic mass is 9.92. The highest BCUT2D eigenvalue weighted by Gasteiger charge is 2.38. The van der Waals surface area contributed by atoms with Crippen LogP contribution in [0.2, 0.25) is 0 Å². The second kappa shape index (κ2) is 44.2. The third-order valence-corrected chi connectivity index (χ3v) is 21.0. The van der Waals surface area contributed by atoms with Crippen LogP contribution in [0, 0.1) is 23.7 Å². The molecule has 0 spiro atoms. The number of hydrogen-bond acceptors (Lipinski definition) is 21. The van der Waals surface area contributed by atoms with Crippen molar-refractivity contribution in [2.75, 3.05) is 85.9 Å². The van der Waals surface area contributed by atoms with Gasteiger partial charge in [-0.05, 0) is 105 Å². The maximum absolute atomic E-state index is 14.4. The highest BCUT2D eigenvalue weighted by molar-refractivity contribution is 8.06. The summed E-state index contributed by atoms with van der Waals surface area (Å²) in [7, 11) is 5.38. The lowest BCUT2D eigenvalue weighted by molar-refractivity contribution is -0.149. The van der Waals surface area contributed by atoms with Crippen molar-refractivity contribution >= 4 is 98.9 Å². The first-order chi connectivity index (χ1) is 50.9. The zero-order valence-corrected chi connectivity index (χ0v) is 65.4. The molecule has 28 heteroatoms. The molecule has 2 aliphatic rings. The van der Waals surface area contributed by atoms with E-state index < -0.39 is 65.9 Å². The van der Waals surface area contributed by atoms with Crippen molar-refractivity contribution < 1.29 is 66.9 Å². The highest BCUT2D eigenvalue weighted by atomic mass is 32.2. The van der Waals surface area contributed by atoms with E-state index in [9.17, 15) is 38.4 Å². The SMILES string of the molecule is CCC(C)C(NC(=O)C(C(C)C)N(C)C)C(=O)N(C)C(CC(OC(C)=O)c1nc(C(=O)NC(Cc2ccccc2)CC(C)C(=O)NOCc2ccc(NC(=O)C(C)NC(=O)CCOCCOCCOCCOCCNC(=O)c3ccc4nc5c(nc4c3)CSC3=C(C=CC=CC=C3)SC5)cc2)cs1)C(C)C.